The Morgan fingerprint density at radius 2 is 2.12 bits per heavy atom. The van der Waals surface area contributed by atoms with Crippen LogP contribution in [0, 0.1) is 6.92 Å². The van der Waals surface area contributed by atoms with Gasteiger partial charge < -0.3 is 10.4 Å². The summed E-state index contributed by atoms with van der Waals surface area (Å²) >= 11 is 5.80. The fourth-order valence-corrected chi connectivity index (χ4v) is 2.33. The van der Waals surface area contributed by atoms with Crippen molar-refractivity contribution in [3.05, 3.63) is 17.0 Å². The molecule has 1 saturated carbocycles. The zero-order valence-corrected chi connectivity index (χ0v) is 11.0. The zero-order chi connectivity index (χ0) is 12.5. The summed E-state index contributed by atoms with van der Waals surface area (Å²) in [5.41, 5.74) is 0.975. The van der Waals surface area contributed by atoms with Gasteiger partial charge in [-0.2, -0.15) is 0 Å². The number of aromatic nitrogens is 2. The Morgan fingerprint density at radius 3 is 2.76 bits per heavy atom. The highest BCUT2D eigenvalue weighted by Crippen LogP contribution is 2.31. The molecule has 0 spiro atoms. The number of halogens is 1. The average molecular weight is 256 g/mol. The summed E-state index contributed by atoms with van der Waals surface area (Å²) in [6.45, 7) is 4.12. The lowest BCUT2D eigenvalue weighted by molar-refractivity contribution is 0.108. The first kappa shape index (κ1) is 12.6. The fraction of sp³-hybridized carbons (Fsp3) is 0.667. The van der Waals surface area contributed by atoms with Crippen LogP contribution < -0.4 is 5.32 Å². The smallest absolute Gasteiger partial charge is 0.224 e. The van der Waals surface area contributed by atoms with Gasteiger partial charge in [0.1, 0.15) is 5.82 Å². The third kappa shape index (κ3) is 3.07. The molecule has 0 radical (unpaired) electrons. The fourth-order valence-electron chi connectivity index (χ4n) is 2.20. The highest BCUT2D eigenvalue weighted by atomic mass is 35.5. The number of aliphatic hydroxyl groups excluding tert-OH is 1. The van der Waals surface area contributed by atoms with Crippen LogP contribution in [-0.2, 0) is 0 Å². The molecule has 17 heavy (non-hydrogen) atoms. The number of anilines is 1. The zero-order valence-electron chi connectivity index (χ0n) is 10.2. The van der Waals surface area contributed by atoms with Crippen molar-refractivity contribution in [2.75, 3.05) is 5.32 Å². The summed E-state index contributed by atoms with van der Waals surface area (Å²) in [6, 6.07) is 0. The summed E-state index contributed by atoms with van der Waals surface area (Å²) in [5.74, 6) is 0.795. The maximum atomic E-state index is 9.53. The van der Waals surface area contributed by atoms with E-state index in [1.54, 1.807) is 6.20 Å². The van der Waals surface area contributed by atoms with Crippen LogP contribution in [0.4, 0.5) is 5.82 Å². The molecule has 0 bridgehead atoms. The standard InChI is InChI=1S/C12H18ClN3O/c1-8-7-14-11(13)15-10(8)16-12(2)5-3-9(17)4-6-12/h7,9,17H,3-6H2,1-2H3,(H,14,15,16). The van der Waals surface area contributed by atoms with Crippen LogP contribution in [-0.4, -0.2) is 26.7 Å². The summed E-state index contributed by atoms with van der Waals surface area (Å²) in [4.78, 5) is 8.15. The van der Waals surface area contributed by atoms with Crippen LogP contribution in [0.1, 0.15) is 38.2 Å². The van der Waals surface area contributed by atoms with Crippen molar-refractivity contribution in [2.45, 2.75) is 51.2 Å². The van der Waals surface area contributed by atoms with Crippen LogP contribution in [0.2, 0.25) is 5.28 Å². The summed E-state index contributed by atoms with van der Waals surface area (Å²) in [6.07, 6.45) is 5.12. The van der Waals surface area contributed by atoms with E-state index in [4.69, 9.17) is 11.6 Å². The quantitative estimate of drug-likeness (QED) is 0.798. The number of rotatable bonds is 2. The Hall–Kier alpha value is -0.870. The third-order valence-electron chi connectivity index (χ3n) is 3.42. The molecular formula is C12H18ClN3O. The summed E-state index contributed by atoms with van der Waals surface area (Å²) in [7, 11) is 0. The molecule has 1 heterocycles. The number of hydrogen-bond acceptors (Lipinski definition) is 4. The first-order valence-corrected chi connectivity index (χ1v) is 6.32. The number of aliphatic hydroxyl groups is 1. The molecule has 0 unspecified atom stereocenters. The van der Waals surface area contributed by atoms with Gasteiger partial charge in [-0.15, -0.1) is 0 Å². The van der Waals surface area contributed by atoms with E-state index >= 15 is 0 Å². The lowest BCUT2D eigenvalue weighted by Gasteiger charge is -2.37. The average Bonchev–Trinajstić information content (AvgIpc) is 2.28. The van der Waals surface area contributed by atoms with Crippen LogP contribution >= 0.6 is 11.6 Å². The second-order valence-electron chi connectivity index (χ2n) is 5.09. The normalized spacial score (nSPS) is 29.1. The monoisotopic (exact) mass is 255 g/mol. The molecule has 1 fully saturated rings. The Labute approximate surface area is 106 Å². The van der Waals surface area contributed by atoms with E-state index in [2.05, 4.69) is 22.2 Å². The lowest BCUT2D eigenvalue weighted by atomic mass is 9.82. The molecule has 1 aromatic heterocycles. The van der Waals surface area contributed by atoms with Gasteiger partial charge in [0, 0.05) is 17.3 Å². The third-order valence-corrected chi connectivity index (χ3v) is 3.60. The molecule has 2 rings (SSSR count). The first-order chi connectivity index (χ1) is 7.98. The lowest BCUT2D eigenvalue weighted by Crippen LogP contribution is -2.40. The van der Waals surface area contributed by atoms with Gasteiger partial charge >= 0.3 is 0 Å². The maximum Gasteiger partial charge on any atom is 0.224 e. The Bertz CT molecular complexity index is 403. The van der Waals surface area contributed by atoms with E-state index in [1.165, 1.54) is 0 Å². The Balaban J connectivity index is 2.12. The molecule has 0 amide bonds. The van der Waals surface area contributed by atoms with E-state index in [1.807, 2.05) is 6.92 Å². The molecule has 1 aliphatic carbocycles. The predicted molar refractivity (Wildman–Crippen MR) is 68.3 cm³/mol. The van der Waals surface area contributed by atoms with E-state index in [0.717, 1.165) is 37.1 Å². The van der Waals surface area contributed by atoms with E-state index in [0.29, 0.717) is 0 Å². The molecular weight excluding hydrogens is 238 g/mol. The molecule has 1 aliphatic rings. The van der Waals surface area contributed by atoms with Gasteiger partial charge in [0.2, 0.25) is 5.28 Å². The maximum absolute atomic E-state index is 9.53. The second-order valence-corrected chi connectivity index (χ2v) is 5.43. The highest BCUT2D eigenvalue weighted by molar-refractivity contribution is 6.28. The highest BCUT2D eigenvalue weighted by Gasteiger charge is 2.30. The molecule has 5 heteroatoms. The molecule has 1 aromatic rings. The van der Waals surface area contributed by atoms with Crippen molar-refractivity contribution in [2.24, 2.45) is 0 Å². The van der Waals surface area contributed by atoms with E-state index in [9.17, 15) is 5.11 Å². The van der Waals surface area contributed by atoms with Crippen LogP contribution in [0.15, 0.2) is 6.20 Å². The first-order valence-electron chi connectivity index (χ1n) is 5.94. The van der Waals surface area contributed by atoms with Gasteiger partial charge in [0.05, 0.1) is 6.10 Å². The van der Waals surface area contributed by atoms with Crippen molar-refractivity contribution in [1.82, 2.24) is 9.97 Å². The minimum atomic E-state index is -0.153. The topological polar surface area (TPSA) is 58.0 Å². The van der Waals surface area contributed by atoms with Crippen molar-refractivity contribution >= 4 is 17.4 Å². The number of hydrogen-bond donors (Lipinski definition) is 2. The van der Waals surface area contributed by atoms with Crippen LogP contribution in [0.5, 0.6) is 0 Å². The molecule has 2 N–H and O–H groups in total. The molecule has 0 aliphatic heterocycles. The molecule has 0 aromatic carbocycles. The van der Waals surface area contributed by atoms with Gasteiger partial charge in [-0.05, 0) is 51.1 Å². The largest absolute Gasteiger partial charge is 0.393 e. The van der Waals surface area contributed by atoms with E-state index < -0.39 is 0 Å². The van der Waals surface area contributed by atoms with Crippen LogP contribution in [0.25, 0.3) is 0 Å². The minimum Gasteiger partial charge on any atom is -0.393 e. The Kier molecular flexibility index (Phi) is 3.54. The SMILES string of the molecule is Cc1cnc(Cl)nc1NC1(C)CCC(O)CC1. The summed E-state index contributed by atoms with van der Waals surface area (Å²) in [5, 5.41) is 13.2. The van der Waals surface area contributed by atoms with Crippen molar-refractivity contribution in [3.63, 3.8) is 0 Å². The van der Waals surface area contributed by atoms with Gasteiger partial charge in [-0.25, -0.2) is 9.97 Å². The van der Waals surface area contributed by atoms with Crippen molar-refractivity contribution < 1.29 is 5.11 Å². The van der Waals surface area contributed by atoms with E-state index in [-0.39, 0.29) is 16.9 Å². The molecule has 94 valence electrons. The van der Waals surface area contributed by atoms with Gasteiger partial charge in [0.15, 0.2) is 0 Å². The number of nitrogens with zero attached hydrogens (tertiary/aromatic N) is 2. The van der Waals surface area contributed by atoms with Crippen molar-refractivity contribution in [1.29, 1.82) is 0 Å². The van der Waals surface area contributed by atoms with Crippen molar-refractivity contribution in [3.8, 4) is 0 Å². The van der Waals surface area contributed by atoms with Gasteiger partial charge in [0.25, 0.3) is 0 Å². The number of aryl methyl sites for hydroxylation is 1. The second kappa shape index (κ2) is 4.78. The predicted octanol–water partition coefficient (Wildman–Crippen LogP) is 2.54. The van der Waals surface area contributed by atoms with Crippen LogP contribution in [0.3, 0.4) is 0 Å². The molecule has 4 nitrogen and oxygen atoms in total. The Morgan fingerprint density at radius 1 is 1.47 bits per heavy atom. The molecule has 0 saturated heterocycles. The van der Waals surface area contributed by atoms with Gasteiger partial charge in [-0.1, -0.05) is 0 Å². The molecule has 0 atom stereocenters. The number of nitrogens with one attached hydrogen (secondary N) is 1. The van der Waals surface area contributed by atoms with Gasteiger partial charge in [-0.3, -0.25) is 0 Å². The summed E-state index contributed by atoms with van der Waals surface area (Å²) < 4.78 is 0. The minimum absolute atomic E-state index is 0.0122.